The van der Waals surface area contributed by atoms with Gasteiger partial charge in [-0.15, -0.1) is 0 Å². The van der Waals surface area contributed by atoms with Gasteiger partial charge in [-0.3, -0.25) is 9.59 Å². The minimum Gasteiger partial charge on any atom is -0.339 e. The largest absolute Gasteiger partial charge is 0.339 e. The van der Waals surface area contributed by atoms with Gasteiger partial charge in [0.15, 0.2) is 5.78 Å². The van der Waals surface area contributed by atoms with Crippen LogP contribution in [0.4, 0.5) is 0 Å². The molecule has 1 saturated heterocycles. The lowest BCUT2D eigenvalue weighted by Gasteiger charge is -2.31. The first kappa shape index (κ1) is 19.8. The second-order valence-corrected chi connectivity index (χ2v) is 8.56. The molecule has 3 nitrogen and oxygen atoms in total. The average Bonchev–Trinajstić information content (AvgIpc) is 2.67. The number of Topliss-reactive ketones (excluding diaryl/α,β-unsaturated/α-hetero) is 1. The van der Waals surface area contributed by atoms with E-state index in [0.717, 1.165) is 29.3 Å². The summed E-state index contributed by atoms with van der Waals surface area (Å²) in [4.78, 5) is 27.4. The van der Waals surface area contributed by atoms with Gasteiger partial charge in [-0.25, -0.2) is 0 Å². The van der Waals surface area contributed by atoms with Crippen LogP contribution in [0, 0.1) is 11.8 Å². The van der Waals surface area contributed by atoms with E-state index in [1.165, 1.54) is 5.56 Å². The van der Waals surface area contributed by atoms with Crippen molar-refractivity contribution >= 4 is 27.6 Å². The number of carbonyl (C=O) groups is 2. The number of carbonyl (C=O) groups excluding carboxylic acids is 2. The van der Waals surface area contributed by atoms with Gasteiger partial charge in [0, 0.05) is 29.0 Å². The second-order valence-electron chi connectivity index (χ2n) is 7.71. The topological polar surface area (TPSA) is 37.4 Å². The Labute approximate surface area is 169 Å². The molecule has 1 amide bonds. The molecule has 0 radical (unpaired) electrons. The molecule has 0 spiro atoms. The summed E-state index contributed by atoms with van der Waals surface area (Å²) in [6, 6.07) is 15.5. The number of halogens is 1. The summed E-state index contributed by atoms with van der Waals surface area (Å²) in [6.07, 6.45) is 2.48. The number of benzene rings is 2. The number of piperidine rings is 1. The van der Waals surface area contributed by atoms with Crippen molar-refractivity contribution in [2.75, 3.05) is 13.1 Å². The summed E-state index contributed by atoms with van der Waals surface area (Å²) in [7, 11) is 0. The Balaban J connectivity index is 1.59. The van der Waals surface area contributed by atoms with E-state index < -0.39 is 0 Å². The van der Waals surface area contributed by atoms with Gasteiger partial charge in [0.05, 0.1) is 5.56 Å². The van der Waals surface area contributed by atoms with Gasteiger partial charge in [0.2, 0.25) is 0 Å². The number of nitrogens with zero attached hydrogens (tertiary/aromatic N) is 1. The van der Waals surface area contributed by atoms with Crippen molar-refractivity contribution in [3.05, 3.63) is 69.7 Å². The number of hydrogen-bond donors (Lipinski definition) is 0. The molecule has 0 saturated carbocycles. The minimum atomic E-state index is 0.00390. The molecule has 0 unspecified atom stereocenters. The van der Waals surface area contributed by atoms with Gasteiger partial charge in [-0.2, -0.15) is 0 Å². The first-order valence-corrected chi connectivity index (χ1v) is 10.4. The van der Waals surface area contributed by atoms with Crippen LogP contribution >= 0.6 is 15.9 Å². The summed E-state index contributed by atoms with van der Waals surface area (Å²) in [5.41, 5.74) is 2.75. The van der Waals surface area contributed by atoms with Gasteiger partial charge in [-0.05, 0) is 58.8 Å². The van der Waals surface area contributed by atoms with Crippen LogP contribution in [0.5, 0.6) is 0 Å². The third kappa shape index (κ3) is 4.86. The van der Waals surface area contributed by atoms with Crippen molar-refractivity contribution in [2.45, 2.75) is 33.1 Å². The molecular formula is C23H26BrNO2. The molecule has 27 heavy (non-hydrogen) atoms. The van der Waals surface area contributed by atoms with E-state index in [-0.39, 0.29) is 17.6 Å². The molecule has 1 aliphatic heterocycles. The zero-order valence-electron chi connectivity index (χ0n) is 16.0. The normalized spacial score (nSPS) is 15.2. The van der Waals surface area contributed by atoms with Crippen LogP contribution in [0.15, 0.2) is 53.0 Å². The molecule has 142 valence electrons. The van der Waals surface area contributed by atoms with Crippen molar-refractivity contribution in [2.24, 2.45) is 11.8 Å². The summed E-state index contributed by atoms with van der Waals surface area (Å²) < 4.78 is 0.815. The summed E-state index contributed by atoms with van der Waals surface area (Å²) >= 11 is 3.45. The second kappa shape index (κ2) is 8.83. The van der Waals surface area contributed by atoms with E-state index in [2.05, 4.69) is 41.9 Å². The Kier molecular flexibility index (Phi) is 6.48. The lowest BCUT2D eigenvalue weighted by molar-refractivity contribution is 0.0649. The van der Waals surface area contributed by atoms with Crippen LogP contribution in [0.25, 0.3) is 0 Å². The van der Waals surface area contributed by atoms with E-state index in [0.29, 0.717) is 24.6 Å². The quantitative estimate of drug-likeness (QED) is 0.600. The molecule has 2 aromatic rings. The first-order chi connectivity index (χ1) is 13.0. The van der Waals surface area contributed by atoms with E-state index in [9.17, 15) is 9.59 Å². The Morgan fingerprint density at radius 3 is 2.26 bits per heavy atom. The lowest BCUT2D eigenvalue weighted by atomic mass is 9.88. The molecule has 1 aliphatic rings. The summed E-state index contributed by atoms with van der Waals surface area (Å²) in [6.45, 7) is 5.65. The highest BCUT2D eigenvalue weighted by molar-refractivity contribution is 9.10. The predicted octanol–water partition coefficient (Wildman–Crippen LogP) is 5.38. The van der Waals surface area contributed by atoms with E-state index in [1.54, 1.807) is 0 Å². The highest BCUT2D eigenvalue weighted by Gasteiger charge is 2.28. The van der Waals surface area contributed by atoms with Crippen molar-refractivity contribution in [1.82, 2.24) is 4.90 Å². The SMILES string of the molecule is CC(C)Cc1ccc(C(=O)C2CCN(C(=O)c3ccccc3Br)CC2)cc1. The lowest BCUT2D eigenvalue weighted by Crippen LogP contribution is -2.40. The number of likely N-dealkylation sites (tertiary alicyclic amines) is 1. The molecule has 0 atom stereocenters. The maximum atomic E-state index is 12.8. The molecular weight excluding hydrogens is 402 g/mol. The fourth-order valence-corrected chi connectivity index (χ4v) is 4.12. The molecule has 3 rings (SSSR count). The summed E-state index contributed by atoms with van der Waals surface area (Å²) in [5.74, 6) is 0.854. The molecule has 0 N–H and O–H groups in total. The summed E-state index contributed by atoms with van der Waals surface area (Å²) in [5, 5.41) is 0. The Morgan fingerprint density at radius 2 is 1.67 bits per heavy atom. The maximum absolute atomic E-state index is 12.8. The van der Waals surface area contributed by atoms with Crippen molar-refractivity contribution < 1.29 is 9.59 Å². The maximum Gasteiger partial charge on any atom is 0.254 e. The third-order valence-corrected chi connectivity index (χ3v) is 5.83. The van der Waals surface area contributed by atoms with Crippen molar-refractivity contribution in [3.8, 4) is 0 Å². The highest BCUT2D eigenvalue weighted by Crippen LogP contribution is 2.25. The Bertz CT molecular complexity index is 805. The minimum absolute atomic E-state index is 0.00390. The molecule has 1 heterocycles. The monoisotopic (exact) mass is 427 g/mol. The zero-order valence-corrected chi connectivity index (χ0v) is 17.5. The van der Waals surface area contributed by atoms with Gasteiger partial charge >= 0.3 is 0 Å². The Morgan fingerprint density at radius 1 is 1.04 bits per heavy atom. The number of hydrogen-bond acceptors (Lipinski definition) is 2. The van der Waals surface area contributed by atoms with Gasteiger partial charge < -0.3 is 4.90 Å². The smallest absolute Gasteiger partial charge is 0.254 e. The fraction of sp³-hybridized carbons (Fsp3) is 0.391. The van der Waals surface area contributed by atoms with E-state index in [1.807, 2.05) is 41.3 Å². The molecule has 0 aliphatic carbocycles. The highest BCUT2D eigenvalue weighted by atomic mass is 79.9. The van der Waals surface area contributed by atoms with Crippen LogP contribution in [0.3, 0.4) is 0 Å². The van der Waals surface area contributed by atoms with Crippen LogP contribution in [-0.4, -0.2) is 29.7 Å². The van der Waals surface area contributed by atoms with Crippen LogP contribution in [-0.2, 0) is 6.42 Å². The Hall–Kier alpha value is -1.94. The zero-order chi connectivity index (χ0) is 19.4. The van der Waals surface area contributed by atoms with E-state index >= 15 is 0 Å². The molecule has 4 heteroatoms. The average molecular weight is 428 g/mol. The van der Waals surface area contributed by atoms with Gasteiger partial charge in [0.25, 0.3) is 5.91 Å². The van der Waals surface area contributed by atoms with Crippen molar-refractivity contribution in [1.29, 1.82) is 0 Å². The van der Waals surface area contributed by atoms with Crippen LogP contribution < -0.4 is 0 Å². The van der Waals surface area contributed by atoms with Gasteiger partial charge in [-0.1, -0.05) is 50.2 Å². The number of amides is 1. The molecule has 0 aromatic heterocycles. The van der Waals surface area contributed by atoms with Crippen LogP contribution in [0.1, 0.15) is 53.0 Å². The van der Waals surface area contributed by atoms with Gasteiger partial charge in [0.1, 0.15) is 0 Å². The molecule has 1 fully saturated rings. The standard InChI is InChI=1S/C23H26BrNO2/c1-16(2)15-17-7-9-18(10-8-17)22(26)19-11-13-25(14-12-19)23(27)20-5-3-4-6-21(20)24/h3-10,16,19H,11-15H2,1-2H3. The van der Waals surface area contributed by atoms with E-state index in [4.69, 9.17) is 0 Å². The van der Waals surface area contributed by atoms with Crippen LogP contribution in [0.2, 0.25) is 0 Å². The fourth-order valence-electron chi connectivity index (χ4n) is 3.66. The number of ketones is 1. The molecule has 0 bridgehead atoms. The van der Waals surface area contributed by atoms with Crippen molar-refractivity contribution in [3.63, 3.8) is 0 Å². The predicted molar refractivity (Wildman–Crippen MR) is 112 cm³/mol. The number of rotatable bonds is 5. The third-order valence-electron chi connectivity index (χ3n) is 5.14. The molecule has 2 aromatic carbocycles. The first-order valence-electron chi connectivity index (χ1n) is 9.62.